The number of halogens is 4. The molecule has 10 nitrogen and oxygen atoms in total. The number of aromatic nitrogens is 3. The van der Waals surface area contributed by atoms with E-state index in [1.54, 1.807) is 17.3 Å². The number of para-hydroxylation sites is 3. The normalized spacial score (nSPS) is 16.0. The molecule has 5 aromatic rings. The molecule has 4 heterocycles. The number of nitrogen functional groups attached to an aromatic ring is 1. The maximum atomic E-state index is 14.0. The highest BCUT2D eigenvalue weighted by Crippen LogP contribution is 2.39. The van der Waals surface area contributed by atoms with Crippen LogP contribution in [-0.2, 0) is 25.6 Å². The van der Waals surface area contributed by atoms with E-state index < -0.39 is 23.5 Å². The molecule has 1 unspecified atom stereocenters. The largest absolute Gasteiger partial charge is 0.418 e. The van der Waals surface area contributed by atoms with Crippen molar-refractivity contribution in [2.45, 2.75) is 50.5 Å². The van der Waals surface area contributed by atoms with Crippen LogP contribution in [0.1, 0.15) is 47.0 Å². The molecule has 2 aromatic heterocycles. The summed E-state index contributed by atoms with van der Waals surface area (Å²) in [6, 6.07) is 19.9. The van der Waals surface area contributed by atoms with Crippen molar-refractivity contribution in [1.29, 1.82) is 0 Å². The number of rotatable bonds is 7. The summed E-state index contributed by atoms with van der Waals surface area (Å²) in [5, 5.41) is 5.89. The number of imidazole rings is 1. The average Bonchev–Trinajstić information content (AvgIpc) is 3.38. The molecule has 264 valence electrons. The SMILES string of the molecule is Nc1c(Cl)cc(CC(NC(=O)N2CCC(N3CCc4ccccc4NC3=O)CC2)c2nc3ccccc3n2Cc2cccnc2)cc1C(F)(F)F. The van der Waals surface area contributed by atoms with Gasteiger partial charge >= 0.3 is 18.2 Å². The first kappa shape index (κ1) is 34.2. The van der Waals surface area contributed by atoms with Crippen LogP contribution >= 0.6 is 11.6 Å². The zero-order chi connectivity index (χ0) is 35.7. The van der Waals surface area contributed by atoms with Crippen LogP contribution in [0.2, 0.25) is 5.02 Å². The minimum Gasteiger partial charge on any atom is -0.397 e. The number of nitrogens with two attached hydrogens (primary N) is 1. The van der Waals surface area contributed by atoms with Crippen LogP contribution < -0.4 is 16.4 Å². The fourth-order valence-electron chi connectivity index (χ4n) is 7.03. The molecule has 1 fully saturated rings. The van der Waals surface area contributed by atoms with Gasteiger partial charge in [-0.15, -0.1) is 0 Å². The van der Waals surface area contributed by atoms with Gasteiger partial charge in [0.25, 0.3) is 0 Å². The predicted molar refractivity (Wildman–Crippen MR) is 189 cm³/mol. The van der Waals surface area contributed by atoms with Crippen molar-refractivity contribution < 1.29 is 22.8 Å². The Morgan fingerprint density at radius 3 is 2.55 bits per heavy atom. The number of anilines is 2. The first-order valence-corrected chi connectivity index (χ1v) is 17.1. The van der Waals surface area contributed by atoms with E-state index in [4.69, 9.17) is 22.3 Å². The van der Waals surface area contributed by atoms with Gasteiger partial charge in [0.15, 0.2) is 0 Å². The summed E-state index contributed by atoms with van der Waals surface area (Å²) >= 11 is 6.23. The molecule has 0 radical (unpaired) electrons. The Morgan fingerprint density at radius 2 is 1.78 bits per heavy atom. The molecular formula is C37H36ClF3N8O2. The Balaban J connectivity index is 1.16. The number of amides is 4. The van der Waals surface area contributed by atoms with Crippen molar-refractivity contribution in [2.75, 3.05) is 30.7 Å². The molecular weight excluding hydrogens is 681 g/mol. The lowest BCUT2D eigenvalue weighted by molar-refractivity contribution is -0.137. The van der Waals surface area contributed by atoms with Crippen molar-refractivity contribution in [3.05, 3.63) is 118 Å². The zero-order valence-corrected chi connectivity index (χ0v) is 28.3. The molecule has 0 spiro atoms. The minimum atomic E-state index is -4.73. The van der Waals surface area contributed by atoms with E-state index in [-0.39, 0.29) is 35.1 Å². The first-order chi connectivity index (χ1) is 24.5. The molecule has 1 atom stereocenters. The maximum Gasteiger partial charge on any atom is 0.418 e. The van der Waals surface area contributed by atoms with Gasteiger partial charge in [-0.2, -0.15) is 13.2 Å². The second kappa shape index (κ2) is 14.1. The van der Waals surface area contributed by atoms with Crippen molar-refractivity contribution in [2.24, 2.45) is 0 Å². The van der Waals surface area contributed by atoms with Crippen LogP contribution in [-0.4, -0.2) is 62.1 Å². The lowest BCUT2D eigenvalue weighted by atomic mass is 10.0. The van der Waals surface area contributed by atoms with Crippen LogP contribution in [0.4, 0.5) is 34.1 Å². The number of fused-ring (bicyclic) bond motifs is 2. The Kier molecular flexibility index (Phi) is 9.47. The lowest BCUT2D eigenvalue weighted by Crippen LogP contribution is -2.52. The van der Waals surface area contributed by atoms with Gasteiger partial charge in [-0.1, -0.05) is 48.0 Å². The molecule has 0 aliphatic carbocycles. The van der Waals surface area contributed by atoms with Crippen LogP contribution in [0.5, 0.6) is 0 Å². The topological polar surface area (TPSA) is 121 Å². The van der Waals surface area contributed by atoms with E-state index in [9.17, 15) is 22.8 Å². The molecule has 0 saturated carbocycles. The van der Waals surface area contributed by atoms with Gasteiger partial charge in [-0.25, -0.2) is 14.6 Å². The summed E-state index contributed by atoms with van der Waals surface area (Å²) < 4.78 is 43.9. The van der Waals surface area contributed by atoms with Crippen LogP contribution in [0.3, 0.4) is 0 Å². The fourth-order valence-corrected chi connectivity index (χ4v) is 7.27. The van der Waals surface area contributed by atoms with E-state index in [1.165, 1.54) is 6.07 Å². The van der Waals surface area contributed by atoms with Gasteiger partial charge in [0.05, 0.1) is 39.9 Å². The Labute approximate surface area is 297 Å². The van der Waals surface area contributed by atoms with E-state index in [2.05, 4.69) is 15.6 Å². The fraction of sp³-hybridized carbons (Fsp3) is 0.297. The van der Waals surface area contributed by atoms with E-state index in [0.717, 1.165) is 34.8 Å². The predicted octanol–water partition coefficient (Wildman–Crippen LogP) is 7.28. The molecule has 7 rings (SSSR count). The van der Waals surface area contributed by atoms with E-state index in [0.29, 0.717) is 50.4 Å². The summed E-state index contributed by atoms with van der Waals surface area (Å²) in [4.78, 5) is 39.8. The van der Waals surface area contributed by atoms with E-state index in [1.807, 2.05) is 70.1 Å². The quantitative estimate of drug-likeness (QED) is 0.153. The van der Waals surface area contributed by atoms with Gasteiger partial charge in [0.1, 0.15) is 5.82 Å². The third-order valence-corrected chi connectivity index (χ3v) is 9.94. The second-order valence-electron chi connectivity index (χ2n) is 12.9. The summed E-state index contributed by atoms with van der Waals surface area (Å²) in [6.45, 7) is 1.70. The maximum absolute atomic E-state index is 14.0. The molecule has 0 bridgehead atoms. The van der Waals surface area contributed by atoms with Gasteiger partial charge in [0.2, 0.25) is 0 Å². The third kappa shape index (κ3) is 7.29. The summed E-state index contributed by atoms with van der Waals surface area (Å²) in [6.07, 6.45) is 0.499. The minimum absolute atomic E-state index is 0.0455. The van der Waals surface area contributed by atoms with Crippen LogP contribution in [0.25, 0.3) is 11.0 Å². The van der Waals surface area contributed by atoms with Crippen molar-refractivity contribution >= 4 is 46.1 Å². The smallest absolute Gasteiger partial charge is 0.397 e. The Bertz CT molecular complexity index is 2060. The number of hydrogen-bond acceptors (Lipinski definition) is 5. The van der Waals surface area contributed by atoms with E-state index >= 15 is 0 Å². The number of benzene rings is 3. The Hall–Kier alpha value is -5.30. The van der Waals surface area contributed by atoms with Gasteiger partial charge < -0.3 is 30.7 Å². The number of carbonyl (C=O) groups is 2. The zero-order valence-electron chi connectivity index (χ0n) is 27.5. The number of alkyl halides is 3. The number of pyridine rings is 1. The number of hydrogen-bond donors (Lipinski definition) is 3. The van der Waals surface area contributed by atoms with Crippen molar-refractivity contribution in [3.8, 4) is 0 Å². The Morgan fingerprint density at radius 1 is 1.02 bits per heavy atom. The number of urea groups is 2. The summed E-state index contributed by atoms with van der Waals surface area (Å²) in [5.41, 5.74) is 8.62. The first-order valence-electron chi connectivity index (χ1n) is 16.8. The third-order valence-electron chi connectivity index (χ3n) is 9.63. The molecule has 4 N–H and O–H groups in total. The number of piperidine rings is 1. The highest BCUT2D eigenvalue weighted by atomic mass is 35.5. The molecule has 3 aromatic carbocycles. The van der Waals surface area contributed by atoms with Crippen LogP contribution in [0, 0.1) is 0 Å². The highest BCUT2D eigenvalue weighted by Gasteiger charge is 2.36. The van der Waals surface area contributed by atoms with Crippen molar-refractivity contribution in [3.63, 3.8) is 0 Å². The number of likely N-dealkylation sites (tertiary alicyclic amines) is 1. The number of carbonyl (C=O) groups excluding carboxylic acids is 2. The number of nitrogens with zero attached hydrogens (tertiary/aromatic N) is 5. The molecule has 4 amide bonds. The summed E-state index contributed by atoms with van der Waals surface area (Å²) in [5.74, 6) is 0.464. The molecule has 1 saturated heterocycles. The van der Waals surface area contributed by atoms with Crippen LogP contribution in [0.15, 0.2) is 85.2 Å². The standard InChI is InChI=1S/C37H36ClF3N8O2/c38-28-19-24(18-27(33(28)42)37(39,40)41)20-31(34-44-30-9-3-4-10-32(30)49(34)22-23-6-5-14-43-21-23)46-35(50)47-15-12-26(13-16-47)48-17-11-25-7-1-2-8-29(25)45-36(48)51/h1-10,14,18-19,21,26,31H,11-13,15-17,20,22,42H2,(H,45,51)(H,46,50). The van der Waals surface area contributed by atoms with Gasteiger partial charge in [-0.05, 0) is 72.4 Å². The monoisotopic (exact) mass is 716 g/mol. The molecule has 2 aliphatic heterocycles. The summed E-state index contributed by atoms with van der Waals surface area (Å²) in [7, 11) is 0. The number of nitrogens with one attached hydrogen (secondary N) is 2. The average molecular weight is 717 g/mol. The molecule has 2 aliphatic rings. The van der Waals surface area contributed by atoms with Crippen molar-refractivity contribution in [1.82, 2.24) is 29.7 Å². The molecule has 51 heavy (non-hydrogen) atoms. The lowest BCUT2D eigenvalue weighted by Gasteiger charge is -2.38. The second-order valence-corrected chi connectivity index (χ2v) is 13.3. The highest BCUT2D eigenvalue weighted by molar-refractivity contribution is 6.33. The molecule has 14 heteroatoms. The van der Waals surface area contributed by atoms with Gasteiger partial charge in [-0.3, -0.25) is 4.98 Å². The van der Waals surface area contributed by atoms with Gasteiger partial charge in [0, 0.05) is 50.2 Å².